The molecule has 3 nitrogen and oxygen atoms in total. The Kier molecular flexibility index (Phi) is 2.21. The maximum atomic E-state index is 10.9. The molecule has 3 N–H and O–H groups in total. The quantitative estimate of drug-likeness (QED) is 0.747. The van der Waals surface area contributed by atoms with Crippen molar-refractivity contribution in [3.05, 3.63) is 33.8 Å². The molecule has 0 heterocycles. The van der Waals surface area contributed by atoms with Gasteiger partial charge in [-0.15, -0.1) is 0 Å². The zero-order valence-electron chi connectivity index (χ0n) is 7.46. The molecular weight excluding hydrogens is 202 g/mol. The minimum Gasteiger partial charge on any atom is -0.478 e. The molecule has 74 valence electrons. The van der Waals surface area contributed by atoms with Gasteiger partial charge in [0.1, 0.15) is 0 Å². The Morgan fingerprint density at radius 1 is 1.57 bits per heavy atom. The molecule has 0 saturated carbocycles. The molecule has 4 heteroatoms. The van der Waals surface area contributed by atoms with Crippen molar-refractivity contribution in [2.75, 3.05) is 0 Å². The maximum absolute atomic E-state index is 10.9. The van der Waals surface area contributed by atoms with Crippen LogP contribution < -0.4 is 5.73 Å². The van der Waals surface area contributed by atoms with Crippen molar-refractivity contribution in [2.24, 2.45) is 5.73 Å². The van der Waals surface area contributed by atoms with Crippen LogP contribution >= 0.6 is 11.6 Å². The molecule has 0 spiro atoms. The zero-order chi connectivity index (χ0) is 10.3. The Morgan fingerprint density at radius 2 is 2.29 bits per heavy atom. The summed E-state index contributed by atoms with van der Waals surface area (Å²) in [6.45, 7) is 0. The van der Waals surface area contributed by atoms with Crippen molar-refractivity contribution in [3.63, 3.8) is 0 Å². The lowest BCUT2D eigenvalue weighted by Gasteiger charge is -2.09. The summed E-state index contributed by atoms with van der Waals surface area (Å²) in [6.07, 6.45) is 1.62. The average molecular weight is 212 g/mol. The predicted molar refractivity (Wildman–Crippen MR) is 53.7 cm³/mol. The topological polar surface area (TPSA) is 63.3 Å². The highest BCUT2D eigenvalue weighted by atomic mass is 35.5. The fourth-order valence-electron chi connectivity index (χ4n) is 1.95. The summed E-state index contributed by atoms with van der Waals surface area (Å²) in [4.78, 5) is 10.9. The summed E-state index contributed by atoms with van der Waals surface area (Å²) in [6, 6.07) is 3.11. The molecule has 0 radical (unpaired) electrons. The van der Waals surface area contributed by atoms with Crippen LogP contribution in [-0.4, -0.2) is 11.1 Å². The molecule has 1 aliphatic carbocycles. The standard InChI is InChI=1S/C10H10ClNO2/c11-6-3-5-1-2-8(12)9(5)7(4-6)10(13)14/h3-4,8H,1-2,12H2,(H,13,14)/t8-/m1/s1. The van der Waals surface area contributed by atoms with Crippen LogP contribution in [0.4, 0.5) is 0 Å². The molecule has 1 aliphatic rings. The van der Waals surface area contributed by atoms with Gasteiger partial charge in [0.2, 0.25) is 0 Å². The molecule has 0 aliphatic heterocycles. The first-order valence-corrected chi connectivity index (χ1v) is 4.78. The molecule has 1 aromatic rings. The second kappa shape index (κ2) is 3.26. The molecule has 2 rings (SSSR count). The first-order valence-electron chi connectivity index (χ1n) is 4.41. The maximum Gasteiger partial charge on any atom is 0.336 e. The van der Waals surface area contributed by atoms with E-state index < -0.39 is 5.97 Å². The van der Waals surface area contributed by atoms with Crippen molar-refractivity contribution in [1.82, 2.24) is 0 Å². The van der Waals surface area contributed by atoms with Gasteiger partial charge in [-0.3, -0.25) is 0 Å². The third kappa shape index (κ3) is 1.38. The van der Waals surface area contributed by atoms with Crippen molar-refractivity contribution in [1.29, 1.82) is 0 Å². The molecule has 1 aromatic carbocycles. The van der Waals surface area contributed by atoms with E-state index in [2.05, 4.69) is 0 Å². The molecule has 14 heavy (non-hydrogen) atoms. The number of aromatic carboxylic acids is 1. The van der Waals surface area contributed by atoms with Gasteiger partial charge in [0, 0.05) is 11.1 Å². The van der Waals surface area contributed by atoms with Gasteiger partial charge in [-0.2, -0.15) is 0 Å². The van der Waals surface area contributed by atoms with Gasteiger partial charge in [0.15, 0.2) is 0 Å². The number of hydrogen-bond acceptors (Lipinski definition) is 2. The van der Waals surface area contributed by atoms with E-state index in [1.54, 1.807) is 6.07 Å². The van der Waals surface area contributed by atoms with E-state index in [0.717, 1.165) is 24.0 Å². The number of rotatable bonds is 1. The Bertz CT molecular complexity index is 403. The first-order chi connectivity index (χ1) is 6.59. The summed E-state index contributed by atoms with van der Waals surface area (Å²) in [5.74, 6) is -0.957. The fraction of sp³-hybridized carbons (Fsp3) is 0.300. The first kappa shape index (κ1) is 9.49. The molecule has 0 bridgehead atoms. The predicted octanol–water partition coefficient (Wildman–Crippen LogP) is 1.98. The normalized spacial score (nSPS) is 19.4. The van der Waals surface area contributed by atoms with Crippen LogP contribution in [0.2, 0.25) is 5.02 Å². The smallest absolute Gasteiger partial charge is 0.336 e. The summed E-state index contributed by atoms with van der Waals surface area (Å²) in [5.41, 5.74) is 7.80. The minimum atomic E-state index is -0.957. The van der Waals surface area contributed by atoms with E-state index in [1.165, 1.54) is 6.07 Å². The molecule has 1 atom stereocenters. The van der Waals surface area contributed by atoms with Gasteiger partial charge >= 0.3 is 5.97 Å². The Labute approximate surface area is 86.5 Å². The summed E-state index contributed by atoms with van der Waals surface area (Å²) >= 11 is 5.82. The minimum absolute atomic E-state index is 0.159. The van der Waals surface area contributed by atoms with E-state index in [1.807, 2.05) is 0 Å². The number of carboxylic acids is 1. The van der Waals surface area contributed by atoms with Crippen LogP contribution in [-0.2, 0) is 6.42 Å². The molecule has 0 fully saturated rings. The largest absolute Gasteiger partial charge is 0.478 e. The monoisotopic (exact) mass is 211 g/mol. The second-order valence-corrected chi connectivity index (χ2v) is 3.91. The van der Waals surface area contributed by atoms with Crippen LogP contribution in [0.3, 0.4) is 0 Å². The lowest BCUT2D eigenvalue weighted by Crippen LogP contribution is -2.11. The number of halogens is 1. The highest BCUT2D eigenvalue weighted by Crippen LogP contribution is 2.34. The molecule has 0 aromatic heterocycles. The van der Waals surface area contributed by atoms with Crippen LogP contribution in [0, 0.1) is 0 Å². The number of carboxylic acid groups (broad SMARTS) is 1. The number of nitrogens with two attached hydrogens (primary N) is 1. The molecule has 0 saturated heterocycles. The van der Waals surface area contributed by atoms with Crippen molar-refractivity contribution in [3.8, 4) is 0 Å². The van der Waals surface area contributed by atoms with E-state index >= 15 is 0 Å². The SMILES string of the molecule is N[C@@H]1CCc2cc(Cl)cc(C(=O)O)c21. The second-order valence-electron chi connectivity index (χ2n) is 3.48. The molecular formula is C10H10ClNO2. The average Bonchev–Trinajstić information content (AvgIpc) is 2.46. The lowest BCUT2D eigenvalue weighted by molar-refractivity contribution is 0.0695. The van der Waals surface area contributed by atoms with Crippen molar-refractivity contribution in [2.45, 2.75) is 18.9 Å². The third-order valence-electron chi connectivity index (χ3n) is 2.56. The number of fused-ring (bicyclic) bond motifs is 1. The number of aryl methyl sites for hydroxylation is 1. The van der Waals surface area contributed by atoms with Gasteiger partial charge in [-0.1, -0.05) is 11.6 Å². The Hall–Kier alpha value is -1.06. The van der Waals surface area contributed by atoms with E-state index in [0.29, 0.717) is 5.02 Å². The summed E-state index contributed by atoms with van der Waals surface area (Å²) in [5, 5.41) is 9.44. The van der Waals surface area contributed by atoms with Crippen molar-refractivity contribution < 1.29 is 9.90 Å². The third-order valence-corrected chi connectivity index (χ3v) is 2.77. The highest BCUT2D eigenvalue weighted by Gasteiger charge is 2.25. The van der Waals surface area contributed by atoms with Crippen LogP contribution in [0.5, 0.6) is 0 Å². The van der Waals surface area contributed by atoms with Crippen molar-refractivity contribution >= 4 is 17.6 Å². The van der Waals surface area contributed by atoms with Crippen LogP contribution in [0.1, 0.15) is 33.9 Å². The van der Waals surface area contributed by atoms with Crippen LogP contribution in [0.15, 0.2) is 12.1 Å². The van der Waals surface area contributed by atoms with E-state index in [4.69, 9.17) is 22.4 Å². The Morgan fingerprint density at radius 3 is 2.93 bits per heavy atom. The van der Waals surface area contributed by atoms with E-state index in [-0.39, 0.29) is 11.6 Å². The van der Waals surface area contributed by atoms with E-state index in [9.17, 15) is 4.79 Å². The zero-order valence-corrected chi connectivity index (χ0v) is 8.21. The highest BCUT2D eigenvalue weighted by molar-refractivity contribution is 6.31. The number of carbonyl (C=O) groups is 1. The van der Waals surface area contributed by atoms with Crippen LogP contribution in [0.25, 0.3) is 0 Å². The summed E-state index contributed by atoms with van der Waals surface area (Å²) in [7, 11) is 0. The molecule has 0 unspecified atom stereocenters. The van der Waals surface area contributed by atoms with Gasteiger partial charge in [-0.25, -0.2) is 4.79 Å². The lowest BCUT2D eigenvalue weighted by atomic mass is 10.0. The number of hydrogen-bond donors (Lipinski definition) is 2. The van der Waals surface area contributed by atoms with Gasteiger partial charge in [-0.05, 0) is 36.1 Å². The Balaban J connectivity index is 2.65. The van der Waals surface area contributed by atoms with Gasteiger partial charge in [0.05, 0.1) is 5.56 Å². The molecule has 0 amide bonds. The van der Waals surface area contributed by atoms with Gasteiger partial charge < -0.3 is 10.8 Å². The van der Waals surface area contributed by atoms with Gasteiger partial charge in [0.25, 0.3) is 0 Å². The summed E-state index contributed by atoms with van der Waals surface area (Å²) < 4.78 is 0. The fourth-order valence-corrected chi connectivity index (χ4v) is 2.19. The number of benzene rings is 1.